The number of nitrogens with two attached hydrogens (primary N) is 2. The average molecular weight is 455 g/mol. The molecule has 144 valence electrons. The van der Waals surface area contributed by atoms with Crippen molar-refractivity contribution >= 4 is 50.2 Å². The lowest BCUT2D eigenvalue weighted by molar-refractivity contribution is 0.399. The molecule has 1 fully saturated rings. The van der Waals surface area contributed by atoms with Crippen molar-refractivity contribution in [2.45, 2.75) is 19.0 Å². The summed E-state index contributed by atoms with van der Waals surface area (Å²) >= 11 is 9.94. The molecule has 1 aromatic carbocycles. The molecule has 4 rings (SSSR count). The van der Waals surface area contributed by atoms with Crippen LogP contribution in [-0.4, -0.2) is 50.9 Å². The Morgan fingerprint density at radius 3 is 2.78 bits per heavy atom. The zero-order valence-corrected chi connectivity index (χ0v) is 17.2. The quantitative estimate of drug-likeness (QED) is 0.554. The summed E-state index contributed by atoms with van der Waals surface area (Å²) in [7, 11) is 1.00. The fourth-order valence-corrected chi connectivity index (χ4v) is 4.14. The van der Waals surface area contributed by atoms with Crippen LogP contribution in [0.3, 0.4) is 0 Å². The largest absolute Gasteiger partial charge is 0.400 e. The highest BCUT2D eigenvalue weighted by atomic mass is 79.9. The Balaban J connectivity index is 0.00000102. The lowest BCUT2D eigenvalue weighted by Crippen LogP contribution is -2.27. The highest BCUT2D eigenvalue weighted by Crippen LogP contribution is 2.34. The SMILES string of the molecule is CO.Nc1ncnc2c1ncn2Cc1c(Br)cc(Cl)cc1N1CCC(N)C1. The molecule has 27 heavy (non-hydrogen) atoms. The van der Waals surface area contributed by atoms with Gasteiger partial charge in [0.2, 0.25) is 0 Å². The molecule has 0 radical (unpaired) electrons. The van der Waals surface area contributed by atoms with Gasteiger partial charge < -0.3 is 26.0 Å². The highest BCUT2D eigenvalue weighted by Gasteiger charge is 2.23. The van der Waals surface area contributed by atoms with Crippen molar-refractivity contribution in [2.75, 3.05) is 30.8 Å². The summed E-state index contributed by atoms with van der Waals surface area (Å²) in [5, 5.41) is 7.69. The number of benzene rings is 1. The zero-order valence-electron chi connectivity index (χ0n) is 14.8. The Morgan fingerprint density at radius 1 is 1.30 bits per heavy atom. The molecule has 1 aliphatic rings. The fraction of sp³-hybridized carbons (Fsp3) is 0.353. The summed E-state index contributed by atoms with van der Waals surface area (Å²) < 4.78 is 2.90. The third-order valence-corrected chi connectivity index (χ3v) is 5.39. The topological polar surface area (TPSA) is 119 Å². The normalized spacial score (nSPS) is 16.5. The summed E-state index contributed by atoms with van der Waals surface area (Å²) in [6.45, 7) is 2.33. The maximum atomic E-state index is 7.00. The molecule has 1 saturated heterocycles. The number of rotatable bonds is 3. The predicted octanol–water partition coefficient (Wildman–Crippen LogP) is 2.02. The number of aliphatic hydroxyl groups excluding tert-OH is 1. The van der Waals surface area contributed by atoms with Gasteiger partial charge in [-0.05, 0) is 18.6 Å². The molecule has 0 amide bonds. The third-order valence-electron chi connectivity index (χ3n) is 4.46. The predicted molar refractivity (Wildman–Crippen MR) is 111 cm³/mol. The highest BCUT2D eigenvalue weighted by molar-refractivity contribution is 9.10. The first-order valence-corrected chi connectivity index (χ1v) is 9.54. The number of hydrogen-bond donors (Lipinski definition) is 3. The summed E-state index contributed by atoms with van der Waals surface area (Å²) in [6, 6.07) is 4.08. The zero-order chi connectivity index (χ0) is 19.6. The van der Waals surface area contributed by atoms with E-state index in [2.05, 4.69) is 35.8 Å². The van der Waals surface area contributed by atoms with E-state index in [9.17, 15) is 0 Å². The molecule has 5 N–H and O–H groups in total. The van der Waals surface area contributed by atoms with E-state index in [0.717, 1.165) is 42.3 Å². The monoisotopic (exact) mass is 453 g/mol. The van der Waals surface area contributed by atoms with Gasteiger partial charge in [-0.3, -0.25) is 0 Å². The second kappa shape index (κ2) is 8.39. The minimum atomic E-state index is 0.187. The smallest absolute Gasteiger partial charge is 0.165 e. The molecular formula is C17H21BrClN7O. The van der Waals surface area contributed by atoms with Crippen LogP contribution in [0.1, 0.15) is 12.0 Å². The number of aromatic nitrogens is 4. The van der Waals surface area contributed by atoms with Gasteiger partial charge in [0, 0.05) is 47.0 Å². The number of halogens is 2. The van der Waals surface area contributed by atoms with E-state index < -0.39 is 0 Å². The first-order chi connectivity index (χ1) is 13.0. The second-order valence-corrected chi connectivity index (χ2v) is 7.47. The van der Waals surface area contributed by atoms with Gasteiger partial charge in [0.15, 0.2) is 11.5 Å². The van der Waals surface area contributed by atoms with Crippen LogP contribution in [0.4, 0.5) is 11.5 Å². The van der Waals surface area contributed by atoms with Gasteiger partial charge >= 0.3 is 0 Å². The summed E-state index contributed by atoms with van der Waals surface area (Å²) in [5.41, 5.74) is 15.5. The van der Waals surface area contributed by atoms with Gasteiger partial charge in [-0.2, -0.15) is 0 Å². The number of hydrogen-bond acceptors (Lipinski definition) is 7. The minimum Gasteiger partial charge on any atom is -0.400 e. The van der Waals surface area contributed by atoms with Crippen LogP contribution in [0.2, 0.25) is 5.02 Å². The van der Waals surface area contributed by atoms with Crippen LogP contribution in [0.25, 0.3) is 11.2 Å². The lowest BCUT2D eigenvalue weighted by atomic mass is 10.1. The molecule has 1 atom stereocenters. The van der Waals surface area contributed by atoms with E-state index in [1.54, 1.807) is 6.33 Å². The van der Waals surface area contributed by atoms with E-state index in [-0.39, 0.29) is 6.04 Å². The van der Waals surface area contributed by atoms with E-state index in [4.69, 9.17) is 28.2 Å². The molecule has 8 nitrogen and oxygen atoms in total. The number of aliphatic hydroxyl groups is 1. The van der Waals surface area contributed by atoms with Crippen LogP contribution in [0.15, 0.2) is 29.3 Å². The maximum Gasteiger partial charge on any atom is 0.165 e. The van der Waals surface area contributed by atoms with E-state index in [1.807, 2.05) is 16.7 Å². The van der Waals surface area contributed by atoms with Crippen molar-refractivity contribution < 1.29 is 5.11 Å². The van der Waals surface area contributed by atoms with Crippen molar-refractivity contribution in [1.82, 2.24) is 19.5 Å². The van der Waals surface area contributed by atoms with Crippen LogP contribution in [0, 0.1) is 0 Å². The van der Waals surface area contributed by atoms with Gasteiger partial charge in [0.1, 0.15) is 11.8 Å². The molecule has 3 heterocycles. The molecule has 10 heteroatoms. The van der Waals surface area contributed by atoms with Crippen molar-refractivity contribution in [3.05, 3.63) is 39.8 Å². The van der Waals surface area contributed by atoms with Gasteiger partial charge in [-0.1, -0.05) is 27.5 Å². The van der Waals surface area contributed by atoms with E-state index >= 15 is 0 Å². The fourth-order valence-electron chi connectivity index (χ4n) is 3.22. The number of imidazole rings is 1. The molecule has 1 aliphatic heterocycles. The Morgan fingerprint density at radius 2 is 2.07 bits per heavy atom. The molecule has 0 bridgehead atoms. The van der Waals surface area contributed by atoms with E-state index in [0.29, 0.717) is 28.5 Å². The standard InChI is InChI=1S/C16H17BrClN7.CH4O/c17-12-3-9(18)4-13(24-2-1-10(19)5-24)11(12)6-25-8-23-14-15(20)21-7-22-16(14)25;1-2/h3-4,7-8,10H,1-2,5-6,19H2,(H2,20,21,22);2H,1H3. The first kappa shape index (κ1) is 19.8. The molecule has 0 saturated carbocycles. The Hall–Kier alpha value is -1.94. The van der Waals surface area contributed by atoms with Crippen molar-refractivity contribution in [1.29, 1.82) is 0 Å². The molecular weight excluding hydrogens is 434 g/mol. The maximum absolute atomic E-state index is 7.00. The average Bonchev–Trinajstić information content (AvgIpc) is 3.26. The summed E-state index contributed by atoms with van der Waals surface area (Å²) in [5.74, 6) is 0.379. The lowest BCUT2D eigenvalue weighted by Gasteiger charge is -2.23. The molecule has 2 aromatic heterocycles. The Bertz CT molecular complexity index is 948. The van der Waals surface area contributed by atoms with Crippen LogP contribution in [-0.2, 0) is 6.54 Å². The van der Waals surface area contributed by atoms with Crippen LogP contribution >= 0.6 is 27.5 Å². The molecule has 1 unspecified atom stereocenters. The van der Waals surface area contributed by atoms with Gasteiger partial charge in [-0.25, -0.2) is 15.0 Å². The number of nitrogens with zero attached hydrogens (tertiary/aromatic N) is 5. The Kier molecular flexibility index (Phi) is 6.15. The van der Waals surface area contributed by atoms with Gasteiger partial charge in [0.25, 0.3) is 0 Å². The van der Waals surface area contributed by atoms with Gasteiger partial charge in [-0.15, -0.1) is 0 Å². The van der Waals surface area contributed by atoms with Gasteiger partial charge in [0.05, 0.1) is 12.9 Å². The van der Waals surface area contributed by atoms with Crippen molar-refractivity contribution in [3.8, 4) is 0 Å². The minimum absolute atomic E-state index is 0.187. The molecule has 0 spiro atoms. The van der Waals surface area contributed by atoms with Crippen molar-refractivity contribution in [2.24, 2.45) is 5.73 Å². The number of fused-ring (bicyclic) bond motifs is 1. The van der Waals surface area contributed by atoms with Crippen LogP contribution < -0.4 is 16.4 Å². The molecule has 0 aliphatic carbocycles. The van der Waals surface area contributed by atoms with E-state index in [1.165, 1.54) is 6.33 Å². The third kappa shape index (κ3) is 4.01. The first-order valence-electron chi connectivity index (χ1n) is 8.37. The number of anilines is 2. The number of nitrogen functional groups attached to an aromatic ring is 1. The summed E-state index contributed by atoms with van der Waals surface area (Å²) in [4.78, 5) is 14.9. The molecule has 3 aromatic rings. The Labute approximate surface area is 170 Å². The second-order valence-electron chi connectivity index (χ2n) is 6.18. The summed E-state index contributed by atoms with van der Waals surface area (Å²) in [6.07, 6.45) is 4.16. The van der Waals surface area contributed by atoms with Crippen LogP contribution in [0.5, 0.6) is 0 Å². The van der Waals surface area contributed by atoms with Crippen molar-refractivity contribution in [3.63, 3.8) is 0 Å².